The number of nitrogens with one attached hydrogen (secondary N) is 2. The average Bonchev–Trinajstić information content (AvgIpc) is 3.43. The van der Waals surface area contributed by atoms with Crippen LogP contribution in [0.25, 0.3) is 32.8 Å². The molecule has 3 heterocycles. The fourth-order valence-corrected chi connectivity index (χ4v) is 4.82. The molecule has 2 N–H and O–H groups in total. The van der Waals surface area contributed by atoms with Crippen LogP contribution in [-0.2, 0) is 5.41 Å². The third-order valence-corrected chi connectivity index (χ3v) is 6.44. The first-order valence-electron chi connectivity index (χ1n) is 10.3. The van der Waals surface area contributed by atoms with E-state index < -0.39 is 5.41 Å². The molecular formula is C27H20N2O2. The summed E-state index contributed by atoms with van der Waals surface area (Å²) in [6, 6.07) is 26.0. The van der Waals surface area contributed by atoms with Crippen molar-refractivity contribution >= 4 is 32.8 Å². The minimum atomic E-state index is -0.732. The van der Waals surface area contributed by atoms with Crippen molar-refractivity contribution in [3.05, 3.63) is 118 Å². The highest BCUT2D eigenvalue weighted by atomic mass is 16.4. The molecule has 0 aliphatic heterocycles. The van der Waals surface area contributed by atoms with E-state index in [0.29, 0.717) is 11.1 Å². The van der Waals surface area contributed by atoms with Crippen molar-refractivity contribution in [1.82, 2.24) is 9.97 Å². The highest BCUT2D eigenvalue weighted by Crippen LogP contribution is 2.44. The molecule has 0 atom stereocenters. The lowest BCUT2D eigenvalue weighted by atomic mass is 9.71. The second-order valence-corrected chi connectivity index (χ2v) is 8.11. The quantitative estimate of drug-likeness (QED) is 0.350. The smallest absolute Gasteiger partial charge is 0.340 e. The molecule has 0 saturated carbocycles. The van der Waals surface area contributed by atoms with E-state index in [2.05, 4.69) is 41.2 Å². The van der Waals surface area contributed by atoms with Crippen molar-refractivity contribution in [1.29, 1.82) is 0 Å². The first-order valence-corrected chi connectivity index (χ1v) is 10.3. The molecule has 4 nitrogen and oxygen atoms in total. The van der Waals surface area contributed by atoms with Gasteiger partial charge >= 0.3 is 5.63 Å². The summed E-state index contributed by atoms with van der Waals surface area (Å²) in [5.74, 6) is 0. The Hall–Kier alpha value is -4.05. The maximum absolute atomic E-state index is 13.4. The number of rotatable bonds is 3. The highest BCUT2D eigenvalue weighted by Gasteiger charge is 2.38. The van der Waals surface area contributed by atoms with Gasteiger partial charge in [-0.15, -0.1) is 0 Å². The second-order valence-electron chi connectivity index (χ2n) is 8.11. The van der Waals surface area contributed by atoms with Gasteiger partial charge < -0.3 is 14.4 Å². The first kappa shape index (κ1) is 17.8. The molecule has 4 heteroatoms. The summed E-state index contributed by atoms with van der Waals surface area (Å²) in [5, 5.41) is 3.08. The average molecular weight is 404 g/mol. The van der Waals surface area contributed by atoms with Gasteiger partial charge in [0.15, 0.2) is 0 Å². The van der Waals surface area contributed by atoms with E-state index in [0.717, 1.165) is 38.3 Å². The lowest BCUT2D eigenvalue weighted by Crippen LogP contribution is -2.31. The van der Waals surface area contributed by atoms with Gasteiger partial charge in [0.05, 0.1) is 11.0 Å². The summed E-state index contributed by atoms with van der Waals surface area (Å²) >= 11 is 0. The van der Waals surface area contributed by atoms with Gasteiger partial charge in [-0.25, -0.2) is 4.79 Å². The van der Waals surface area contributed by atoms with Crippen LogP contribution in [-0.4, -0.2) is 9.97 Å². The number of hydrogen-bond acceptors (Lipinski definition) is 2. The van der Waals surface area contributed by atoms with Crippen molar-refractivity contribution in [2.75, 3.05) is 0 Å². The zero-order valence-corrected chi connectivity index (χ0v) is 17.0. The molecule has 31 heavy (non-hydrogen) atoms. The fraction of sp³-hybridized carbons (Fsp3) is 0.0741. The summed E-state index contributed by atoms with van der Waals surface area (Å²) in [4.78, 5) is 20.1. The van der Waals surface area contributed by atoms with Crippen LogP contribution in [0.5, 0.6) is 0 Å². The summed E-state index contributed by atoms with van der Waals surface area (Å²) in [7, 11) is 0. The number of aromatic nitrogens is 2. The Balaban J connectivity index is 1.76. The van der Waals surface area contributed by atoms with Crippen LogP contribution in [0, 0.1) is 0 Å². The first-order chi connectivity index (χ1) is 15.2. The number of fused-ring (bicyclic) bond motifs is 3. The van der Waals surface area contributed by atoms with E-state index in [9.17, 15) is 4.79 Å². The van der Waals surface area contributed by atoms with E-state index in [4.69, 9.17) is 4.42 Å². The normalized spacial score (nSPS) is 12.2. The number of para-hydroxylation sites is 3. The summed E-state index contributed by atoms with van der Waals surface area (Å²) < 4.78 is 5.78. The minimum absolute atomic E-state index is 0.322. The molecule has 0 aliphatic rings. The molecule has 0 fully saturated rings. The molecule has 0 radical (unpaired) electrons. The van der Waals surface area contributed by atoms with Crippen LogP contribution in [0.2, 0.25) is 0 Å². The van der Waals surface area contributed by atoms with E-state index in [1.165, 1.54) is 0 Å². The Morgan fingerprint density at radius 1 is 0.710 bits per heavy atom. The van der Waals surface area contributed by atoms with E-state index in [1.54, 1.807) is 0 Å². The number of hydrogen-bond donors (Lipinski definition) is 2. The van der Waals surface area contributed by atoms with Crippen LogP contribution in [0.4, 0.5) is 0 Å². The second kappa shape index (κ2) is 6.47. The summed E-state index contributed by atoms with van der Waals surface area (Å²) in [5.41, 5.74) is 4.30. The van der Waals surface area contributed by atoms with Crippen LogP contribution in [0.15, 0.2) is 100 Å². The Labute approximate surface area is 178 Å². The van der Waals surface area contributed by atoms with Crippen LogP contribution < -0.4 is 5.63 Å². The van der Waals surface area contributed by atoms with Crippen molar-refractivity contribution in [3.8, 4) is 0 Å². The van der Waals surface area contributed by atoms with E-state index in [1.807, 2.05) is 67.0 Å². The van der Waals surface area contributed by atoms with Gasteiger partial charge in [0, 0.05) is 39.6 Å². The molecule has 0 spiro atoms. The van der Waals surface area contributed by atoms with Crippen molar-refractivity contribution in [3.63, 3.8) is 0 Å². The van der Waals surface area contributed by atoms with Crippen molar-refractivity contribution in [2.45, 2.75) is 12.3 Å². The van der Waals surface area contributed by atoms with Gasteiger partial charge in [-0.3, -0.25) is 0 Å². The van der Waals surface area contributed by atoms with Gasteiger partial charge in [-0.05, 0) is 42.3 Å². The molecule has 6 aromatic rings. The molecule has 150 valence electrons. The summed E-state index contributed by atoms with van der Waals surface area (Å²) in [6.07, 6.45) is 4.03. The molecule has 0 saturated heterocycles. The molecule has 0 amide bonds. The predicted molar refractivity (Wildman–Crippen MR) is 125 cm³/mol. The predicted octanol–water partition coefficient (Wildman–Crippen LogP) is 6.11. The maximum Gasteiger partial charge on any atom is 0.340 e. The Kier molecular flexibility index (Phi) is 3.71. The standard InChI is InChI=1S/C27H20N2O2/c1-27(21-15-28-23-11-5-3-9-18(21)23,22-16-29-24-12-6-4-10-19(22)24)20-14-17-8-2-7-13-25(17)31-26(20)30/h2-16,28-29H,1H3. The minimum Gasteiger partial charge on any atom is -0.422 e. The number of benzene rings is 3. The largest absolute Gasteiger partial charge is 0.422 e. The molecule has 3 aromatic carbocycles. The number of H-pyrrole nitrogens is 2. The zero-order chi connectivity index (χ0) is 21.0. The van der Waals surface area contributed by atoms with Gasteiger partial charge in [0.25, 0.3) is 0 Å². The fourth-order valence-electron chi connectivity index (χ4n) is 4.82. The highest BCUT2D eigenvalue weighted by molar-refractivity contribution is 5.91. The summed E-state index contributed by atoms with van der Waals surface area (Å²) in [6.45, 7) is 2.11. The van der Waals surface area contributed by atoms with Gasteiger partial charge in [-0.1, -0.05) is 54.6 Å². The lowest BCUT2D eigenvalue weighted by Gasteiger charge is -2.29. The topological polar surface area (TPSA) is 61.8 Å². The maximum atomic E-state index is 13.4. The Bertz CT molecular complexity index is 1560. The van der Waals surface area contributed by atoms with E-state index in [-0.39, 0.29) is 5.63 Å². The zero-order valence-electron chi connectivity index (χ0n) is 17.0. The Morgan fingerprint density at radius 3 is 1.90 bits per heavy atom. The third-order valence-electron chi connectivity index (χ3n) is 6.44. The van der Waals surface area contributed by atoms with Crippen LogP contribution >= 0.6 is 0 Å². The van der Waals surface area contributed by atoms with Gasteiger partial charge in [-0.2, -0.15) is 0 Å². The molecule has 0 unspecified atom stereocenters. The van der Waals surface area contributed by atoms with Gasteiger partial charge in [0.2, 0.25) is 0 Å². The van der Waals surface area contributed by atoms with Crippen LogP contribution in [0.1, 0.15) is 23.6 Å². The number of aromatic amines is 2. The van der Waals surface area contributed by atoms with E-state index >= 15 is 0 Å². The SMILES string of the molecule is CC(c1cc2ccccc2oc1=O)(c1c[nH]c2ccccc12)c1c[nH]c2ccccc12. The van der Waals surface area contributed by atoms with Crippen LogP contribution in [0.3, 0.4) is 0 Å². The molecule has 3 aromatic heterocycles. The van der Waals surface area contributed by atoms with Crippen molar-refractivity contribution < 1.29 is 4.42 Å². The van der Waals surface area contributed by atoms with Gasteiger partial charge in [0.1, 0.15) is 5.58 Å². The molecule has 0 aliphatic carbocycles. The third kappa shape index (κ3) is 2.51. The lowest BCUT2D eigenvalue weighted by molar-refractivity contribution is 0.530. The van der Waals surface area contributed by atoms with Crippen molar-refractivity contribution in [2.24, 2.45) is 0 Å². The molecular weight excluding hydrogens is 384 g/mol. The molecule has 6 rings (SSSR count). The molecule has 0 bridgehead atoms. The Morgan fingerprint density at radius 2 is 1.26 bits per heavy atom. The monoisotopic (exact) mass is 404 g/mol.